The topological polar surface area (TPSA) is 43.8 Å². The van der Waals surface area contributed by atoms with Crippen LogP contribution >= 0.6 is 11.6 Å². The number of benzene rings is 1. The molecule has 0 aliphatic carbocycles. The number of carbonyl (C=O) groups excluding carboxylic acids is 1. The van der Waals surface area contributed by atoms with Crippen LogP contribution in [0.2, 0.25) is 0 Å². The lowest BCUT2D eigenvalue weighted by atomic mass is 10.2. The molecule has 1 N–H and O–H groups in total. The molecule has 1 heterocycles. The predicted octanol–water partition coefficient (Wildman–Crippen LogP) is 1.28. The number of nitrogens with zero attached hydrogens (tertiary/aromatic N) is 2. The summed E-state index contributed by atoms with van der Waals surface area (Å²) in [6.07, 6.45) is 0. The molecule has 0 unspecified atom stereocenters. The first-order chi connectivity index (χ1) is 8.22. The van der Waals surface area contributed by atoms with Crippen LogP contribution in [0.1, 0.15) is 0 Å². The van der Waals surface area contributed by atoms with Crippen molar-refractivity contribution in [3.63, 3.8) is 0 Å². The molecule has 5 heteroatoms. The highest BCUT2D eigenvalue weighted by molar-refractivity contribution is 6.27. The van der Waals surface area contributed by atoms with E-state index in [0.29, 0.717) is 13.1 Å². The van der Waals surface area contributed by atoms with Gasteiger partial charge in [-0.25, -0.2) is 0 Å². The number of amides is 1. The van der Waals surface area contributed by atoms with Crippen molar-refractivity contribution in [3.05, 3.63) is 24.3 Å². The van der Waals surface area contributed by atoms with Gasteiger partial charge in [-0.05, 0) is 12.1 Å². The van der Waals surface area contributed by atoms with Gasteiger partial charge in [0.1, 0.15) is 11.6 Å². The number of phenols is 1. The van der Waals surface area contributed by atoms with Crippen LogP contribution in [0.25, 0.3) is 0 Å². The molecule has 0 atom stereocenters. The molecule has 1 saturated heterocycles. The Morgan fingerprint density at radius 3 is 2.47 bits per heavy atom. The molecule has 1 amide bonds. The number of hydrogen-bond donors (Lipinski definition) is 1. The summed E-state index contributed by atoms with van der Waals surface area (Å²) in [4.78, 5) is 15.2. The van der Waals surface area contributed by atoms with E-state index in [-0.39, 0.29) is 17.5 Å². The van der Waals surface area contributed by atoms with E-state index in [4.69, 9.17) is 11.6 Å². The fourth-order valence-electron chi connectivity index (χ4n) is 2.01. The molecule has 1 aromatic rings. The number of hydrogen-bond acceptors (Lipinski definition) is 3. The molecule has 92 valence electrons. The van der Waals surface area contributed by atoms with Gasteiger partial charge in [0.2, 0.25) is 5.91 Å². The minimum absolute atomic E-state index is 0.0244. The Balaban J connectivity index is 2.00. The third-order valence-electron chi connectivity index (χ3n) is 2.97. The van der Waals surface area contributed by atoms with Gasteiger partial charge in [0.25, 0.3) is 0 Å². The number of anilines is 1. The van der Waals surface area contributed by atoms with E-state index in [1.54, 1.807) is 17.0 Å². The molecular weight excluding hydrogens is 240 g/mol. The number of halogens is 1. The van der Waals surface area contributed by atoms with E-state index >= 15 is 0 Å². The van der Waals surface area contributed by atoms with Crippen molar-refractivity contribution in [2.75, 3.05) is 37.0 Å². The van der Waals surface area contributed by atoms with Crippen molar-refractivity contribution < 1.29 is 9.90 Å². The van der Waals surface area contributed by atoms with E-state index in [2.05, 4.69) is 4.90 Å². The summed E-state index contributed by atoms with van der Waals surface area (Å²) < 4.78 is 0. The minimum Gasteiger partial charge on any atom is -0.506 e. The van der Waals surface area contributed by atoms with Crippen molar-refractivity contribution in [1.29, 1.82) is 0 Å². The highest BCUT2D eigenvalue weighted by atomic mass is 35.5. The smallest absolute Gasteiger partial charge is 0.237 e. The molecule has 1 aromatic carbocycles. The van der Waals surface area contributed by atoms with Gasteiger partial charge in [-0.2, -0.15) is 0 Å². The quantitative estimate of drug-likeness (QED) is 0.809. The van der Waals surface area contributed by atoms with Gasteiger partial charge in [0.15, 0.2) is 0 Å². The van der Waals surface area contributed by atoms with Crippen LogP contribution < -0.4 is 4.90 Å². The molecule has 4 nitrogen and oxygen atoms in total. The lowest BCUT2D eigenvalue weighted by Crippen LogP contribution is -2.49. The third-order valence-corrected chi connectivity index (χ3v) is 3.20. The summed E-state index contributed by atoms with van der Waals surface area (Å²) in [5.41, 5.74) is 0.825. The van der Waals surface area contributed by atoms with Crippen LogP contribution in [0.3, 0.4) is 0 Å². The summed E-state index contributed by atoms with van der Waals surface area (Å²) in [5, 5.41) is 9.74. The van der Waals surface area contributed by atoms with Crippen LogP contribution in [0.5, 0.6) is 5.75 Å². The van der Waals surface area contributed by atoms with Gasteiger partial charge in [-0.1, -0.05) is 12.1 Å². The predicted molar refractivity (Wildman–Crippen MR) is 67.6 cm³/mol. The van der Waals surface area contributed by atoms with E-state index in [0.717, 1.165) is 18.8 Å². The van der Waals surface area contributed by atoms with Crippen LogP contribution in [0, 0.1) is 0 Å². The molecule has 1 fully saturated rings. The molecular formula is C12H15ClN2O2. The Morgan fingerprint density at radius 2 is 1.88 bits per heavy atom. The highest BCUT2D eigenvalue weighted by Crippen LogP contribution is 2.27. The monoisotopic (exact) mass is 254 g/mol. The normalized spacial score (nSPS) is 16.1. The second-order valence-electron chi connectivity index (χ2n) is 3.99. The molecule has 1 aliphatic heterocycles. The van der Waals surface area contributed by atoms with Crippen LogP contribution in [-0.4, -0.2) is 48.0 Å². The standard InChI is InChI=1S/C12H15ClN2O2/c13-9-12(17)15-7-5-14(6-8-15)10-3-1-2-4-11(10)16/h1-4,16H,5-9H2. The average Bonchev–Trinajstić information content (AvgIpc) is 2.39. The maximum Gasteiger partial charge on any atom is 0.237 e. The van der Waals surface area contributed by atoms with Gasteiger partial charge in [-0.15, -0.1) is 11.6 Å². The Labute approximate surface area is 105 Å². The maximum atomic E-state index is 11.4. The van der Waals surface area contributed by atoms with Gasteiger partial charge >= 0.3 is 0 Å². The average molecular weight is 255 g/mol. The van der Waals surface area contributed by atoms with Crippen LogP contribution in [-0.2, 0) is 4.79 Å². The Kier molecular flexibility index (Phi) is 3.74. The zero-order valence-electron chi connectivity index (χ0n) is 9.47. The lowest BCUT2D eigenvalue weighted by molar-refractivity contribution is -0.128. The summed E-state index contributed by atoms with van der Waals surface area (Å²) in [6, 6.07) is 7.25. The zero-order valence-corrected chi connectivity index (χ0v) is 10.2. The summed E-state index contributed by atoms with van der Waals surface area (Å²) in [5.74, 6) is 0.296. The first-order valence-corrected chi connectivity index (χ1v) is 6.12. The molecule has 17 heavy (non-hydrogen) atoms. The molecule has 2 rings (SSSR count). The molecule has 0 spiro atoms. The maximum absolute atomic E-state index is 11.4. The van der Waals surface area contributed by atoms with Crippen LogP contribution in [0.15, 0.2) is 24.3 Å². The molecule has 0 radical (unpaired) electrons. The number of alkyl halides is 1. The summed E-state index contributed by atoms with van der Waals surface area (Å²) in [7, 11) is 0. The van der Waals surface area contributed by atoms with Gasteiger partial charge in [0.05, 0.1) is 5.69 Å². The minimum atomic E-state index is -0.0244. The van der Waals surface area contributed by atoms with E-state index < -0.39 is 0 Å². The van der Waals surface area contributed by atoms with Gasteiger partial charge in [0, 0.05) is 26.2 Å². The second kappa shape index (κ2) is 5.27. The summed E-state index contributed by atoms with van der Waals surface area (Å²) in [6.45, 7) is 2.75. The van der Waals surface area contributed by atoms with Crippen molar-refractivity contribution in [3.8, 4) is 5.75 Å². The highest BCUT2D eigenvalue weighted by Gasteiger charge is 2.21. The molecule has 0 aromatic heterocycles. The number of phenolic OH excluding ortho intramolecular Hbond substituents is 1. The first kappa shape index (κ1) is 12.0. The third kappa shape index (κ3) is 2.64. The van der Waals surface area contributed by atoms with E-state index in [1.165, 1.54) is 0 Å². The van der Waals surface area contributed by atoms with Gasteiger partial charge < -0.3 is 14.9 Å². The fraction of sp³-hybridized carbons (Fsp3) is 0.417. The number of para-hydroxylation sites is 2. The van der Waals surface area contributed by atoms with Crippen molar-refractivity contribution >= 4 is 23.2 Å². The molecule has 0 bridgehead atoms. The Morgan fingerprint density at radius 1 is 1.24 bits per heavy atom. The number of rotatable bonds is 2. The lowest BCUT2D eigenvalue weighted by Gasteiger charge is -2.36. The number of aromatic hydroxyl groups is 1. The fourth-order valence-corrected chi connectivity index (χ4v) is 2.18. The van der Waals surface area contributed by atoms with Crippen molar-refractivity contribution in [2.24, 2.45) is 0 Å². The van der Waals surface area contributed by atoms with Crippen LogP contribution in [0.4, 0.5) is 5.69 Å². The van der Waals surface area contributed by atoms with E-state index in [9.17, 15) is 9.90 Å². The van der Waals surface area contributed by atoms with E-state index in [1.807, 2.05) is 12.1 Å². The van der Waals surface area contributed by atoms with Crippen molar-refractivity contribution in [1.82, 2.24) is 4.90 Å². The molecule has 1 aliphatic rings. The largest absolute Gasteiger partial charge is 0.506 e. The number of carbonyl (C=O) groups is 1. The van der Waals surface area contributed by atoms with Crippen molar-refractivity contribution in [2.45, 2.75) is 0 Å². The second-order valence-corrected chi connectivity index (χ2v) is 4.26. The SMILES string of the molecule is O=C(CCl)N1CCN(c2ccccc2O)CC1. The Hall–Kier alpha value is -1.42. The number of piperazine rings is 1. The molecule has 0 saturated carbocycles. The van der Waals surface area contributed by atoms with Gasteiger partial charge in [-0.3, -0.25) is 4.79 Å². The first-order valence-electron chi connectivity index (χ1n) is 5.59. The Bertz CT molecular complexity index is 403. The summed E-state index contributed by atoms with van der Waals surface area (Å²) >= 11 is 5.52. The zero-order chi connectivity index (χ0) is 12.3.